The van der Waals surface area contributed by atoms with E-state index in [0.717, 1.165) is 0 Å². The zero-order valence-corrected chi connectivity index (χ0v) is 7.14. The van der Waals surface area contributed by atoms with Crippen LogP contribution in [0.4, 0.5) is 0 Å². The molecule has 0 unspecified atom stereocenters. The van der Waals surface area contributed by atoms with Crippen LogP contribution in [0.2, 0.25) is 0 Å². The third kappa shape index (κ3) is 1.96. The molecule has 7 heteroatoms. The summed E-state index contributed by atoms with van der Waals surface area (Å²) >= 11 is 0. The smallest absolute Gasteiger partial charge is 0.337 e. The van der Waals surface area contributed by atoms with E-state index in [2.05, 4.69) is 15.5 Å². The Kier molecular flexibility index (Phi) is 2.97. The maximum Gasteiger partial charge on any atom is 0.337 e. The summed E-state index contributed by atoms with van der Waals surface area (Å²) < 4.78 is 0. The SMILES string of the molecule is N/N=C(\NN)c1ccc(C(=O)O)cn1. The van der Waals surface area contributed by atoms with Gasteiger partial charge < -0.3 is 16.4 Å². The van der Waals surface area contributed by atoms with E-state index >= 15 is 0 Å². The van der Waals surface area contributed by atoms with Crippen molar-refractivity contribution in [2.45, 2.75) is 0 Å². The molecule has 0 aliphatic heterocycles. The monoisotopic (exact) mass is 195 g/mol. The Morgan fingerprint density at radius 2 is 2.29 bits per heavy atom. The molecule has 0 bridgehead atoms. The Bertz CT molecular complexity index is 359. The zero-order chi connectivity index (χ0) is 10.6. The van der Waals surface area contributed by atoms with Crippen LogP contribution in [-0.4, -0.2) is 21.9 Å². The fourth-order valence-corrected chi connectivity index (χ4v) is 0.838. The van der Waals surface area contributed by atoms with Gasteiger partial charge in [-0.2, -0.15) is 5.10 Å². The summed E-state index contributed by atoms with van der Waals surface area (Å²) in [5, 5.41) is 11.9. The molecule has 0 amide bonds. The molecule has 1 heterocycles. The van der Waals surface area contributed by atoms with Crippen LogP contribution >= 0.6 is 0 Å². The minimum absolute atomic E-state index is 0.0853. The van der Waals surface area contributed by atoms with Gasteiger partial charge in [0, 0.05) is 6.20 Å². The van der Waals surface area contributed by atoms with Crippen molar-refractivity contribution in [1.29, 1.82) is 0 Å². The third-order valence-corrected chi connectivity index (χ3v) is 1.52. The third-order valence-electron chi connectivity index (χ3n) is 1.52. The molecule has 0 saturated heterocycles. The lowest BCUT2D eigenvalue weighted by Gasteiger charge is -2.02. The van der Waals surface area contributed by atoms with Gasteiger partial charge in [0.2, 0.25) is 0 Å². The summed E-state index contributed by atoms with van der Waals surface area (Å²) in [4.78, 5) is 14.3. The number of amidine groups is 1. The highest BCUT2D eigenvalue weighted by Gasteiger charge is 2.06. The molecule has 0 radical (unpaired) electrons. The lowest BCUT2D eigenvalue weighted by atomic mass is 10.2. The first-order chi connectivity index (χ1) is 6.69. The summed E-state index contributed by atoms with van der Waals surface area (Å²) in [7, 11) is 0. The van der Waals surface area contributed by atoms with Gasteiger partial charge in [0.05, 0.1) is 5.56 Å². The van der Waals surface area contributed by atoms with E-state index in [1.807, 2.05) is 0 Å². The highest BCUT2D eigenvalue weighted by Crippen LogP contribution is 2.00. The number of nitrogens with zero attached hydrogens (tertiary/aromatic N) is 2. The van der Waals surface area contributed by atoms with Crippen molar-refractivity contribution in [3.05, 3.63) is 29.6 Å². The minimum atomic E-state index is -1.05. The van der Waals surface area contributed by atoms with E-state index in [9.17, 15) is 4.79 Å². The molecule has 0 atom stereocenters. The molecule has 1 rings (SSSR count). The number of nitrogens with one attached hydrogen (secondary N) is 1. The first-order valence-electron chi connectivity index (χ1n) is 3.63. The van der Waals surface area contributed by atoms with Crippen molar-refractivity contribution < 1.29 is 9.90 Å². The fourth-order valence-electron chi connectivity index (χ4n) is 0.838. The van der Waals surface area contributed by atoms with Crippen molar-refractivity contribution in [1.82, 2.24) is 10.4 Å². The van der Waals surface area contributed by atoms with Crippen LogP contribution in [0.5, 0.6) is 0 Å². The molecule has 0 aromatic carbocycles. The van der Waals surface area contributed by atoms with Crippen molar-refractivity contribution in [2.24, 2.45) is 16.8 Å². The van der Waals surface area contributed by atoms with Crippen LogP contribution in [0, 0.1) is 0 Å². The number of hydrogen-bond acceptors (Lipinski definition) is 5. The average Bonchev–Trinajstić information content (AvgIpc) is 2.20. The normalized spacial score (nSPS) is 11.1. The summed E-state index contributed by atoms with van der Waals surface area (Å²) in [5.74, 6) is 9.24. The van der Waals surface area contributed by atoms with Gasteiger partial charge in [-0.05, 0) is 12.1 Å². The van der Waals surface area contributed by atoms with Gasteiger partial charge in [0.1, 0.15) is 5.69 Å². The molecule has 0 saturated carbocycles. The highest BCUT2D eigenvalue weighted by molar-refractivity contribution is 5.97. The number of rotatable bonds is 2. The van der Waals surface area contributed by atoms with Crippen molar-refractivity contribution >= 4 is 11.8 Å². The number of aromatic carboxylic acids is 1. The molecule has 7 nitrogen and oxygen atoms in total. The van der Waals surface area contributed by atoms with E-state index < -0.39 is 5.97 Å². The molecule has 0 aliphatic carbocycles. The Labute approximate surface area is 79.4 Å². The summed E-state index contributed by atoms with van der Waals surface area (Å²) in [6.45, 7) is 0. The average molecular weight is 195 g/mol. The predicted molar refractivity (Wildman–Crippen MR) is 49.2 cm³/mol. The Balaban J connectivity index is 2.99. The van der Waals surface area contributed by atoms with E-state index in [1.54, 1.807) is 0 Å². The van der Waals surface area contributed by atoms with E-state index in [-0.39, 0.29) is 11.4 Å². The van der Waals surface area contributed by atoms with Crippen LogP contribution < -0.4 is 17.1 Å². The highest BCUT2D eigenvalue weighted by atomic mass is 16.4. The quantitative estimate of drug-likeness (QED) is 0.204. The molecular formula is C7H9N5O2. The van der Waals surface area contributed by atoms with Crippen molar-refractivity contribution in [3.8, 4) is 0 Å². The largest absolute Gasteiger partial charge is 0.478 e. The lowest BCUT2D eigenvalue weighted by Crippen LogP contribution is -2.32. The molecular weight excluding hydrogens is 186 g/mol. The lowest BCUT2D eigenvalue weighted by molar-refractivity contribution is 0.0696. The Hall–Kier alpha value is -2.15. The number of hydrazone groups is 1. The maximum absolute atomic E-state index is 10.5. The van der Waals surface area contributed by atoms with E-state index in [1.165, 1.54) is 18.3 Å². The molecule has 1 aromatic heterocycles. The number of aromatic nitrogens is 1. The van der Waals surface area contributed by atoms with E-state index in [4.69, 9.17) is 16.8 Å². The predicted octanol–water partition coefficient (Wildman–Crippen LogP) is -1.14. The molecule has 74 valence electrons. The van der Waals surface area contributed by atoms with Gasteiger partial charge in [0.25, 0.3) is 0 Å². The van der Waals surface area contributed by atoms with Gasteiger partial charge >= 0.3 is 5.97 Å². The van der Waals surface area contributed by atoms with Crippen LogP contribution in [0.15, 0.2) is 23.4 Å². The first kappa shape index (κ1) is 9.93. The van der Waals surface area contributed by atoms with Gasteiger partial charge in [0.15, 0.2) is 5.84 Å². The number of carboxylic acids is 1. The zero-order valence-electron chi connectivity index (χ0n) is 7.14. The topological polar surface area (TPSA) is 127 Å². The number of carbonyl (C=O) groups is 1. The molecule has 1 aromatic rings. The molecule has 14 heavy (non-hydrogen) atoms. The van der Waals surface area contributed by atoms with Crippen LogP contribution in [-0.2, 0) is 0 Å². The van der Waals surface area contributed by atoms with Crippen LogP contribution in [0.25, 0.3) is 0 Å². The van der Waals surface area contributed by atoms with Gasteiger partial charge in [-0.15, -0.1) is 0 Å². The molecule has 0 fully saturated rings. The second kappa shape index (κ2) is 4.19. The molecule has 0 aliphatic rings. The summed E-state index contributed by atoms with van der Waals surface area (Å²) in [6, 6.07) is 2.84. The minimum Gasteiger partial charge on any atom is -0.478 e. The van der Waals surface area contributed by atoms with Crippen LogP contribution in [0.1, 0.15) is 16.1 Å². The standard InChI is InChI=1S/C7H9N5O2/c8-11-6(12-9)5-2-1-4(3-10-5)7(13)14/h1-3H,8-9H2,(H,11,12)(H,13,14). The number of pyridine rings is 1. The maximum atomic E-state index is 10.5. The number of hydrazine groups is 1. The van der Waals surface area contributed by atoms with Gasteiger partial charge in [-0.1, -0.05) is 0 Å². The summed E-state index contributed by atoms with van der Waals surface area (Å²) in [6.07, 6.45) is 1.19. The number of hydrogen-bond donors (Lipinski definition) is 4. The first-order valence-corrected chi connectivity index (χ1v) is 3.63. The van der Waals surface area contributed by atoms with Crippen molar-refractivity contribution in [3.63, 3.8) is 0 Å². The fraction of sp³-hybridized carbons (Fsp3) is 0. The van der Waals surface area contributed by atoms with Crippen LogP contribution in [0.3, 0.4) is 0 Å². The van der Waals surface area contributed by atoms with Gasteiger partial charge in [-0.3, -0.25) is 4.98 Å². The Morgan fingerprint density at radius 1 is 1.57 bits per heavy atom. The number of carboxylic acid groups (broad SMARTS) is 1. The second-order valence-corrected chi connectivity index (χ2v) is 2.36. The van der Waals surface area contributed by atoms with Gasteiger partial charge in [-0.25, -0.2) is 10.6 Å². The number of nitrogens with two attached hydrogens (primary N) is 2. The Morgan fingerprint density at radius 3 is 2.64 bits per heavy atom. The summed E-state index contributed by atoms with van der Waals surface area (Å²) in [5.41, 5.74) is 2.69. The van der Waals surface area contributed by atoms with E-state index in [0.29, 0.717) is 5.69 Å². The second-order valence-electron chi connectivity index (χ2n) is 2.36. The van der Waals surface area contributed by atoms with Crippen molar-refractivity contribution in [2.75, 3.05) is 0 Å². The molecule has 6 N–H and O–H groups in total. The molecule has 0 spiro atoms.